The van der Waals surface area contributed by atoms with Crippen molar-refractivity contribution in [1.82, 2.24) is 0 Å². The van der Waals surface area contributed by atoms with Gasteiger partial charge in [-0.2, -0.15) is 5.26 Å². The minimum Gasteiger partial charge on any atom is -0.484 e. The summed E-state index contributed by atoms with van der Waals surface area (Å²) in [5.74, 6) is 0.408. The summed E-state index contributed by atoms with van der Waals surface area (Å²) in [5.41, 5.74) is 1.56. The number of carbonyl (C=O) groups is 1. The SMILES string of the molecule is CCc1cc(=O)oc2cc(OCC(=O)Nc3ccccc3SCC#N)ccc12. The number of thioether (sulfide) groups is 1. The number of aryl methyl sites for hydroxylation is 1. The molecule has 0 atom stereocenters. The van der Waals surface area contributed by atoms with E-state index in [0.717, 1.165) is 15.8 Å². The Morgan fingerprint density at radius 1 is 1.25 bits per heavy atom. The van der Waals surface area contributed by atoms with E-state index in [1.165, 1.54) is 17.8 Å². The van der Waals surface area contributed by atoms with Crippen LogP contribution in [0.4, 0.5) is 5.69 Å². The summed E-state index contributed by atoms with van der Waals surface area (Å²) in [7, 11) is 0. The van der Waals surface area contributed by atoms with Crippen molar-refractivity contribution in [2.24, 2.45) is 0 Å². The third kappa shape index (κ3) is 4.72. The lowest BCUT2D eigenvalue weighted by Gasteiger charge is -2.11. The van der Waals surface area contributed by atoms with Crippen molar-refractivity contribution >= 4 is 34.3 Å². The van der Waals surface area contributed by atoms with Gasteiger partial charge in [0.1, 0.15) is 11.3 Å². The summed E-state index contributed by atoms with van der Waals surface area (Å²) >= 11 is 1.35. The maximum atomic E-state index is 12.2. The van der Waals surface area contributed by atoms with Gasteiger partial charge in [0.25, 0.3) is 5.91 Å². The highest BCUT2D eigenvalue weighted by Gasteiger charge is 2.10. The van der Waals surface area contributed by atoms with E-state index in [1.54, 1.807) is 18.2 Å². The largest absolute Gasteiger partial charge is 0.484 e. The molecule has 142 valence electrons. The fraction of sp³-hybridized carbons (Fsp3) is 0.190. The van der Waals surface area contributed by atoms with E-state index in [9.17, 15) is 9.59 Å². The number of rotatable bonds is 7. The van der Waals surface area contributed by atoms with Crippen LogP contribution in [0.15, 0.2) is 62.6 Å². The molecule has 0 saturated heterocycles. The zero-order chi connectivity index (χ0) is 19.9. The molecule has 6 nitrogen and oxygen atoms in total. The normalized spacial score (nSPS) is 10.4. The lowest BCUT2D eigenvalue weighted by molar-refractivity contribution is -0.118. The van der Waals surface area contributed by atoms with Crippen LogP contribution in [0, 0.1) is 11.3 Å². The van der Waals surface area contributed by atoms with E-state index in [1.807, 2.05) is 31.2 Å². The number of nitrogens with zero attached hydrogens (tertiary/aromatic N) is 1. The van der Waals surface area contributed by atoms with E-state index >= 15 is 0 Å². The molecule has 0 fully saturated rings. The number of benzene rings is 2. The Hall–Kier alpha value is -3.24. The van der Waals surface area contributed by atoms with Gasteiger partial charge in [0.05, 0.1) is 17.5 Å². The standard InChI is InChI=1S/C21H18N2O4S/c1-2-14-11-21(25)27-18-12-15(7-8-16(14)18)26-13-20(24)23-17-5-3-4-6-19(17)28-10-9-22/h3-8,11-12H,2,10,13H2,1H3,(H,23,24). The molecule has 0 bridgehead atoms. The van der Waals surface area contributed by atoms with Gasteiger partial charge in [-0.15, -0.1) is 11.8 Å². The van der Waals surface area contributed by atoms with Gasteiger partial charge in [0.15, 0.2) is 6.61 Å². The first-order chi connectivity index (χ1) is 13.6. The average Bonchev–Trinajstić information content (AvgIpc) is 2.70. The van der Waals surface area contributed by atoms with Crippen LogP contribution in [0.2, 0.25) is 0 Å². The molecule has 0 spiro atoms. The van der Waals surface area contributed by atoms with Crippen molar-refractivity contribution in [2.75, 3.05) is 17.7 Å². The Morgan fingerprint density at radius 3 is 2.86 bits per heavy atom. The Kier molecular flexibility index (Phi) is 6.35. The number of fused-ring (bicyclic) bond motifs is 1. The minimum absolute atomic E-state index is 0.194. The molecule has 0 aliphatic rings. The fourth-order valence-electron chi connectivity index (χ4n) is 2.73. The Bertz CT molecular complexity index is 1100. The number of nitrogens with one attached hydrogen (secondary N) is 1. The van der Waals surface area contributed by atoms with E-state index < -0.39 is 5.63 Å². The van der Waals surface area contributed by atoms with Crippen LogP contribution < -0.4 is 15.7 Å². The number of hydrogen-bond donors (Lipinski definition) is 1. The van der Waals surface area contributed by atoms with Crippen LogP contribution in [-0.2, 0) is 11.2 Å². The third-order valence-corrected chi connectivity index (χ3v) is 4.95. The van der Waals surface area contributed by atoms with Crippen LogP contribution in [0.3, 0.4) is 0 Å². The van der Waals surface area contributed by atoms with Crippen molar-refractivity contribution in [3.8, 4) is 11.8 Å². The number of para-hydroxylation sites is 1. The third-order valence-electron chi connectivity index (χ3n) is 4.01. The van der Waals surface area contributed by atoms with E-state index in [2.05, 4.69) is 11.4 Å². The molecule has 3 aromatic rings. The van der Waals surface area contributed by atoms with Crippen molar-refractivity contribution in [1.29, 1.82) is 5.26 Å². The lowest BCUT2D eigenvalue weighted by atomic mass is 10.1. The van der Waals surface area contributed by atoms with Crippen LogP contribution in [0.5, 0.6) is 5.75 Å². The predicted octanol–water partition coefficient (Wildman–Crippen LogP) is 3.99. The van der Waals surface area contributed by atoms with Gasteiger partial charge in [-0.05, 0) is 36.2 Å². The highest BCUT2D eigenvalue weighted by Crippen LogP contribution is 2.27. The molecule has 7 heteroatoms. The molecular weight excluding hydrogens is 376 g/mol. The van der Waals surface area contributed by atoms with E-state index in [0.29, 0.717) is 29.2 Å². The molecule has 0 unspecified atom stereocenters. The van der Waals surface area contributed by atoms with Crippen LogP contribution in [0.1, 0.15) is 12.5 Å². The Labute approximate surface area is 166 Å². The number of ether oxygens (including phenoxy) is 1. The fourth-order valence-corrected chi connectivity index (χ4v) is 3.40. The maximum Gasteiger partial charge on any atom is 0.336 e. The molecule has 0 aliphatic heterocycles. The molecule has 1 amide bonds. The highest BCUT2D eigenvalue weighted by atomic mass is 32.2. The van der Waals surface area contributed by atoms with Crippen molar-refractivity contribution < 1.29 is 13.9 Å². The highest BCUT2D eigenvalue weighted by molar-refractivity contribution is 7.99. The topological polar surface area (TPSA) is 92.3 Å². The summed E-state index contributed by atoms with van der Waals surface area (Å²) in [6.07, 6.45) is 0.716. The minimum atomic E-state index is -0.411. The van der Waals surface area contributed by atoms with Crippen molar-refractivity contribution in [3.63, 3.8) is 0 Å². The summed E-state index contributed by atoms with van der Waals surface area (Å²) in [5, 5.41) is 12.4. The zero-order valence-corrected chi connectivity index (χ0v) is 16.0. The van der Waals surface area contributed by atoms with Crippen LogP contribution in [0.25, 0.3) is 11.0 Å². The van der Waals surface area contributed by atoms with Gasteiger partial charge in [0, 0.05) is 22.4 Å². The van der Waals surface area contributed by atoms with Gasteiger partial charge < -0.3 is 14.5 Å². The molecule has 1 heterocycles. The van der Waals surface area contributed by atoms with Gasteiger partial charge in [-0.1, -0.05) is 19.1 Å². The first-order valence-corrected chi connectivity index (χ1v) is 9.67. The summed E-state index contributed by atoms with van der Waals surface area (Å²) in [4.78, 5) is 24.7. The molecule has 28 heavy (non-hydrogen) atoms. The molecule has 1 aromatic heterocycles. The summed E-state index contributed by atoms with van der Waals surface area (Å²) in [6, 6.07) is 16.0. The van der Waals surface area contributed by atoms with Gasteiger partial charge in [0.2, 0.25) is 0 Å². The van der Waals surface area contributed by atoms with Crippen LogP contribution >= 0.6 is 11.8 Å². The first kappa shape index (κ1) is 19.5. The van der Waals surface area contributed by atoms with Gasteiger partial charge in [-0.25, -0.2) is 4.79 Å². The molecule has 2 aromatic carbocycles. The van der Waals surface area contributed by atoms with E-state index in [-0.39, 0.29) is 12.5 Å². The first-order valence-electron chi connectivity index (χ1n) is 8.69. The molecule has 0 saturated carbocycles. The summed E-state index contributed by atoms with van der Waals surface area (Å²) < 4.78 is 10.8. The van der Waals surface area contributed by atoms with Crippen LogP contribution in [-0.4, -0.2) is 18.3 Å². The second kappa shape index (κ2) is 9.11. The second-order valence-electron chi connectivity index (χ2n) is 5.88. The predicted molar refractivity (Wildman–Crippen MR) is 109 cm³/mol. The summed E-state index contributed by atoms with van der Waals surface area (Å²) in [6.45, 7) is 1.77. The number of anilines is 1. The maximum absolute atomic E-state index is 12.2. The smallest absolute Gasteiger partial charge is 0.336 e. The Balaban J connectivity index is 1.68. The average molecular weight is 394 g/mol. The molecule has 3 rings (SSSR count). The second-order valence-corrected chi connectivity index (χ2v) is 6.90. The Morgan fingerprint density at radius 2 is 2.07 bits per heavy atom. The zero-order valence-electron chi connectivity index (χ0n) is 15.2. The molecule has 0 aliphatic carbocycles. The van der Waals surface area contributed by atoms with E-state index in [4.69, 9.17) is 14.4 Å². The monoisotopic (exact) mass is 394 g/mol. The van der Waals surface area contributed by atoms with Crippen molar-refractivity contribution in [2.45, 2.75) is 18.2 Å². The number of nitriles is 1. The lowest BCUT2D eigenvalue weighted by Crippen LogP contribution is -2.20. The number of carbonyl (C=O) groups excluding carboxylic acids is 1. The van der Waals surface area contributed by atoms with Gasteiger partial charge in [-0.3, -0.25) is 4.79 Å². The molecular formula is C21H18N2O4S. The number of amides is 1. The quantitative estimate of drug-likeness (QED) is 0.481. The van der Waals surface area contributed by atoms with Crippen molar-refractivity contribution in [3.05, 3.63) is 64.5 Å². The number of hydrogen-bond acceptors (Lipinski definition) is 6. The molecule has 0 radical (unpaired) electrons. The molecule has 1 N–H and O–H groups in total. The van der Waals surface area contributed by atoms with Gasteiger partial charge >= 0.3 is 5.63 Å².